The van der Waals surface area contributed by atoms with Gasteiger partial charge < -0.3 is 19.7 Å². The fraction of sp³-hybridized carbons (Fsp3) is 0.588. The van der Waals surface area contributed by atoms with Crippen molar-refractivity contribution in [2.45, 2.75) is 43.6 Å². The second-order valence-corrected chi connectivity index (χ2v) is 7.05. The zero-order valence-corrected chi connectivity index (χ0v) is 14.0. The van der Waals surface area contributed by atoms with Crippen LogP contribution in [0.5, 0.6) is 0 Å². The highest BCUT2D eigenvalue weighted by Gasteiger charge is 2.42. The maximum atomic E-state index is 13.3. The van der Waals surface area contributed by atoms with Gasteiger partial charge in [-0.1, -0.05) is 17.7 Å². The number of rotatable bonds is 2. The topological polar surface area (TPSA) is 50.8 Å². The minimum atomic E-state index is -0.456. The van der Waals surface area contributed by atoms with Crippen molar-refractivity contribution < 1.29 is 18.7 Å². The van der Waals surface area contributed by atoms with Gasteiger partial charge in [0.1, 0.15) is 11.9 Å². The van der Waals surface area contributed by atoms with Crippen LogP contribution < -0.4 is 5.32 Å². The molecule has 5 nitrogen and oxygen atoms in total. The van der Waals surface area contributed by atoms with Crippen molar-refractivity contribution in [1.82, 2.24) is 10.2 Å². The van der Waals surface area contributed by atoms with Crippen LogP contribution in [0.15, 0.2) is 18.2 Å². The van der Waals surface area contributed by atoms with Crippen LogP contribution in [0.2, 0.25) is 5.02 Å². The molecular weight excluding hydrogens is 335 g/mol. The fourth-order valence-electron chi connectivity index (χ4n) is 3.79. The number of fused-ring (bicyclic) bond motifs is 2. The summed E-state index contributed by atoms with van der Waals surface area (Å²) in [4.78, 5) is 14.3. The number of benzene rings is 1. The number of hydrogen-bond donors (Lipinski definition) is 1. The SMILES string of the molecule is O=C(N[C@@H]1C[C@H]2CC[C@H]1O2)N1CCO[C@H](c2ccc(F)c(Cl)c2)C1. The number of carbonyl (C=O) groups is 1. The largest absolute Gasteiger partial charge is 0.373 e. The van der Waals surface area contributed by atoms with Gasteiger partial charge in [-0.25, -0.2) is 9.18 Å². The second kappa shape index (κ2) is 6.50. The molecule has 3 aliphatic rings. The first kappa shape index (κ1) is 16.1. The molecule has 3 saturated heterocycles. The number of urea groups is 1. The van der Waals surface area contributed by atoms with Gasteiger partial charge in [-0.15, -0.1) is 0 Å². The quantitative estimate of drug-likeness (QED) is 0.888. The van der Waals surface area contributed by atoms with Gasteiger partial charge in [0.05, 0.1) is 36.4 Å². The van der Waals surface area contributed by atoms with Gasteiger partial charge in [-0.3, -0.25) is 0 Å². The zero-order valence-electron chi connectivity index (χ0n) is 13.2. The minimum Gasteiger partial charge on any atom is -0.373 e. The Morgan fingerprint density at radius 2 is 2.25 bits per heavy atom. The molecule has 0 unspecified atom stereocenters. The summed E-state index contributed by atoms with van der Waals surface area (Å²) in [7, 11) is 0. The highest BCUT2D eigenvalue weighted by atomic mass is 35.5. The van der Waals surface area contributed by atoms with Crippen LogP contribution in [-0.4, -0.2) is 48.9 Å². The Kier molecular flexibility index (Phi) is 4.37. The number of amides is 2. The average Bonchev–Trinajstić information content (AvgIpc) is 3.20. The highest BCUT2D eigenvalue weighted by Crippen LogP contribution is 2.34. The molecule has 0 spiro atoms. The molecule has 1 aromatic carbocycles. The van der Waals surface area contributed by atoms with E-state index in [-0.39, 0.29) is 29.3 Å². The lowest BCUT2D eigenvalue weighted by Gasteiger charge is -2.34. The molecule has 3 heterocycles. The molecule has 1 aromatic rings. The van der Waals surface area contributed by atoms with Crippen LogP contribution in [0, 0.1) is 5.82 Å². The van der Waals surface area contributed by atoms with Gasteiger partial charge in [0.2, 0.25) is 0 Å². The van der Waals surface area contributed by atoms with Crippen LogP contribution >= 0.6 is 11.6 Å². The van der Waals surface area contributed by atoms with E-state index < -0.39 is 5.82 Å². The van der Waals surface area contributed by atoms with Crippen LogP contribution in [0.3, 0.4) is 0 Å². The average molecular weight is 355 g/mol. The normalized spacial score (nSPS) is 32.2. The predicted octanol–water partition coefficient (Wildman–Crippen LogP) is 2.88. The van der Waals surface area contributed by atoms with E-state index in [1.165, 1.54) is 6.07 Å². The molecule has 24 heavy (non-hydrogen) atoms. The van der Waals surface area contributed by atoms with E-state index in [4.69, 9.17) is 21.1 Å². The van der Waals surface area contributed by atoms with Crippen molar-refractivity contribution in [3.8, 4) is 0 Å². The molecule has 1 N–H and O–H groups in total. The summed E-state index contributed by atoms with van der Waals surface area (Å²) >= 11 is 5.84. The van der Waals surface area contributed by atoms with Crippen LogP contribution in [-0.2, 0) is 9.47 Å². The summed E-state index contributed by atoms with van der Waals surface area (Å²) in [5.41, 5.74) is 0.780. The number of halogens is 2. The third-order valence-corrected chi connectivity index (χ3v) is 5.37. The molecule has 4 rings (SSSR count). The van der Waals surface area contributed by atoms with E-state index in [0.717, 1.165) is 24.8 Å². The molecule has 3 fully saturated rings. The van der Waals surface area contributed by atoms with Gasteiger partial charge in [0, 0.05) is 6.54 Å². The number of nitrogens with zero attached hydrogens (tertiary/aromatic N) is 1. The summed E-state index contributed by atoms with van der Waals surface area (Å²) in [5.74, 6) is -0.456. The summed E-state index contributed by atoms with van der Waals surface area (Å²) in [6.45, 7) is 1.41. The molecule has 4 atom stereocenters. The van der Waals surface area contributed by atoms with Crippen molar-refractivity contribution in [2.24, 2.45) is 0 Å². The number of carbonyl (C=O) groups excluding carboxylic acids is 1. The van der Waals surface area contributed by atoms with E-state index in [0.29, 0.717) is 25.8 Å². The third-order valence-electron chi connectivity index (χ3n) is 5.08. The molecule has 2 amide bonds. The minimum absolute atomic E-state index is 0.0665. The summed E-state index contributed by atoms with van der Waals surface area (Å²) in [6.07, 6.45) is 3.19. The van der Waals surface area contributed by atoms with E-state index >= 15 is 0 Å². The molecule has 0 saturated carbocycles. The molecule has 0 radical (unpaired) electrons. The van der Waals surface area contributed by atoms with Crippen LogP contribution in [0.4, 0.5) is 9.18 Å². The molecular formula is C17H20ClFN2O3. The molecule has 130 valence electrons. The number of nitrogens with one attached hydrogen (secondary N) is 1. The Balaban J connectivity index is 1.39. The van der Waals surface area contributed by atoms with Gasteiger partial charge >= 0.3 is 6.03 Å². The Morgan fingerprint density at radius 1 is 1.38 bits per heavy atom. The van der Waals surface area contributed by atoms with E-state index in [1.807, 2.05) is 0 Å². The molecule has 3 aliphatic heterocycles. The van der Waals surface area contributed by atoms with Gasteiger partial charge in [-0.05, 0) is 37.0 Å². The number of morpholine rings is 1. The van der Waals surface area contributed by atoms with E-state index in [2.05, 4.69) is 5.32 Å². The number of hydrogen-bond acceptors (Lipinski definition) is 3. The van der Waals surface area contributed by atoms with E-state index in [9.17, 15) is 9.18 Å². The predicted molar refractivity (Wildman–Crippen MR) is 86.5 cm³/mol. The zero-order chi connectivity index (χ0) is 16.7. The smallest absolute Gasteiger partial charge is 0.317 e. The number of ether oxygens (including phenoxy) is 2. The van der Waals surface area contributed by atoms with Crippen molar-refractivity contribution >= 4 is 17.6 Å². The summed E-state index contributed by atoms with van der Waals surface area (Å²) < 4.78 is 24.8. The monoisotopic (exact) mass is 354 g/mol. The van der Waals surface area contributed by atoms with Gasteiger partial charge in [0.25, 0.3) is 0 Å². The Labute approximate surface area is 145 Å². The Morgan fingerprint density at radius 3 is 2.96 bits per heavy atom. The van der Waals surface area contributed by atoms with Crippen molar-refractivity contribution in [1.29, 1.82) is 0 Å². The highest BCUT2D eigenvalue weighted by molar-refractivity contribution is 6.30. The first-order chi connectivity index (χ1) is 11.6. The van der Waals surface area contributed by atoms with Crippen LogP contribution in [0.1, 0.15) is 30.9 Å². The van der Waals surface area contributed by atoms with E-state index in [1.54, 1.807) is 17.0 Å². The summed E-state index contributed by atoms with van der Waals surface area (Å²) in [6, 6.07) is 4.56. The maximum absolute atomic E-state index is 13.3. The first-order valence-electron chi connectivity index (χ1n) is 8.37. The molecule has 0 aliphatic carbocycles. The Hall–Kier alpha value is -1.37. The van der Waals surface area contributed by atoms with Crippen molar-refractivity contribution in [2.75, 3.05) is 19.7 Å². The third kappa shape index (κ3) is 3.10. The van der Waals surface area contributed by atoms with Crippen LogP contribution in [0.25, 0.3) is 0 Å². The molecule has 7 heteroatoms. The first-order valence-corrected chi connectivity index (χ1v) is 8.75. The molecule has 2 bridgehead atoms. The lowest BCUT2D eigenvalue weighted by molar-refractivity contribution is -0.0161. The Bertz CT molecular complexity index is 644. The van der Waals surface area contributed by atoms with Gasteiger partial charge in [0.15, 0.2) is 0 Å². The lowest BCUT2D eigenvalue weighted by atomic mass is 9.96. The van der Waals surface area contributed by atoms with Crippen molar-refractivity contribution in [3.63, 3.8) is 0 Å². The fourth-order valence-corrected chi connectivity index (χ4v) is 3.98. The second-order valence-electron chi connectivity index (χ2n) is 6.64. The van der Waals surface area contributed by atoms with Crippen molar-refractivity contribution in [3.05, 3.63) is 34.6 Å². The standard InChI is InChI=1S/C17H20ClFN2O3/c18-12-7-10(1-3-13(12)19)16-9-21(5-6-23-16)17(22)20-14-8-11-2-4-15(14)24-11/h1,3,7,11,14-16H,2,4-6,8-9H2,(H,20,22)/t11-,14-,15-,16+/m1/s1. The summed E-state index contributed by atoms with van der Waals surface area (Å²) in [5, 5.41) is 3.16. The lowest BCUT2D eigenvalue weighted by Crippen LogP contribution is -2.51. The maximum Gasteiger partial charge on any atom is 0.317 e. The van der Waals surface area contributed by atoms with Gasteiger partial charge in [-0.2, -0.15) is 0 Å². The molecule has 0 aromatic heterocycles.